The Bertz CT molecular complexity index is 1360. The number of amides is 5. The average Bonchev–Trinajstić information content (AvgIpc) is 3.84. The lowest BCUT2D eigenvalue weighted by atomic mass is 9.83. The molecule has 6 atom stereocenters. The maximum Gasteiger partial charge on any atom is 0.289 e. The first-order valence-electron chi connectivity index (χ1n) is 18.4. The summed E-state index contributed by atoms with van der Waals surface area (Å²) < 4.78 is 0. The lowest BCUT2D eigenvalue weighted by molar-refractivity contribution is -0.146. The third-order valence-corrected chi connectivity index (χ3v) is 10.7. The highest BCUT2D eigenvalue weighted by molar-refractivity contribution is 6.38. The minimum atomic E-state index is -0.981. The van der Waals surface area contributed by atoms with Crippen LogP contribution >= 0.6 is 0 Å². The van der Waals surface area contributed by atoms with E-state index in [0.717, 1.165) is 70.6 Å². The number of Topliss-reactive ketones (excluding diaryl/α,β-unsaturated/α-hetero) is 1. The molecule has 5 rings (SSSR count). The number of nitrogens with one attached hydrogen (secondary N) is 4. The number of carbonyl (C=O) groups excluding carboxylic acids is 6. The van der Waals surface area contributed by atoms with Crippen molar-refractivity contribution >= 4 is 35.3 Å². The van der Waals surface area contributed by atoms with Crippen molar-refractivity contribution in [3.05, 3.63) is 24.3 Å². The molecule has 0 radical (unpaired) electrons. The number of nitrogens with zero attached hydrogens (tertiary/aromatic N) is 3. The third kappa shape index (κ3) is 9.02. The van der Waals surface area contributed by atoms with Crippen molar-refractivity contribution in [1.82, 2.24) is 36.1 Å². The van der Waals surface area contributed by atoms with Gasteiger partial charge in [-0.1, -0.05) is 59.3 Å². The van der Waals surface area contributed by atoms with Gasteiger partial charge in [0.25, 0.3) is 11.8 Å². The van der Waals surface area contributed by atoms with Crippen molar-refractivity contribution in [3.63, 3.8) is 0 Å². The van der Waals surface area contributed by atoms with Crippen LogP contribution in [0.15, 0.2) is 18.6 Å². The van der Waals surface area contributed by atoms with Gasteiger partial charge in [0.2, 0.25) is 23.5 Å². The Balaban J connectivity index is 1.35. The van der Waals surface area contributed by atoms with Crippen molar-refractivity contribution in [2.75, 3.05) is 0 Å². The number of carbonyl (C=O) groups is 6. The lowest BCUT2D eigenvalue weighted by Crippen LogP contribution is -2.61. The molecule has 3 saturated carbocycles. The number of aromatic nitrogens is 2. The van der Waals surface area contributed by atoms with Gasteiger partial charge in [0.1, 0.15) is 23.8 Å². The van der Waals surface area contributed by atoms with E-state index in [2.05, 4.69) is 31.2 Å². The Morgan fingerprint density at radius 3 is 2.24 bits per heavy atom. The number of ketones is 1. The van der Waals surface area contributed by atoms with Crippen molar-refractivity contribution < 1.29 is 28.8 Å². The minimum Gasteiger partial charge on any atom is -0.347 e. The molecule has 0 bridgehead atoms. The topological polar surface area (TPSA) is 180 Å². The predicted octanol–water partition coefficient (Wildman–Crippen LogP) is 2.59. The predicted molar refractivity (Wildman–Crippen MR) is 181 cm³/mol. The van der Waals surface area contributed by atoms with Crippen molar-refractivity contribution in [1.29, 1.82) is 0 Å². The summed E-state index contributed by atoms with van der Waals surface area (Å²) in [6, 6.07) is -3.78. The van der Waals surface area contributed by atoms with Crippen LogP contribution in [-0.4, -0.2) is 86.4 Å². The first-order chi connectivity index (χ1) is 23.6. The summed E-state index contributed by atoms with van der Waals surface area (Å²) in [6.07, 6.45) is 15.3. The van der Waals surface area contributed by atoms with Crippen LogP contribution in [0.3, 0.4) is 0 Å². The van der Waals surface area contributed by atoms with Crippen LogP contribution in [0.25, 0.3) is 0 Å². The molecule has 4 aliphatic rings. The molecule has 1 aromatic heterocycles. The first-order valence-corrected chi connectivity index (χ1v) is 18.4. The van der Waals surface area contributed by atoms with Crippen LogP contribution in [-0.2, 0) is 24.0 Å². The standard InChI is InChI=1S/C36H53N7O6/c1-4-10-25(31(44)35(48)39-24-15-16-24)40-33(46)28-19-23-13-8-9-14-27(23)43(28)36(49)29(21(2)3)41-34(47)30(22-11-6-5-7-12-22)42-32(45)26-20-37-17-18-38-26/h17-18,20-25,27-30H,4-16,19H2,1-3H3,(H,39,48)(H,40,46)(H,41,47)(H,42,45)/t23-,25?,27-,28-,29-,30?/m0/s1. The van der Waals surface area contributed by atoms with Gasteiger partial charge in [0, 0.05) is 24.5 Å². The van der Waals surface area contributed by atoms with E-state index in [0.29, 0.717) is 19.3 Å². The maximum absolute atomic E-state index is 14.6. The zero-order chi connectivity index (χ0) is 35.1. The minimum absolute atomic E-state index is 0.0155. The molecule has 0 aromatic carbocycles. The molecule has 4 N–H and O–H groups in total. The molecule has 1 aliphatic heterocycles. The van der Waals surface area contributed by atoms with Gasteiger partial charge in [-0.05, 0) is 69.1 Å². The van der Waals surface area contributed by atoms with E-state index >= 15 is 0 Å². The maximum atomic E-state index is 14.6. The van der Waals surface area contributed by atoms with Crippen LogP contribution in [0, 0.1) is 17.8 Å². The zero-order valence-corrected chi connectivity index (χ0v) is 29.1. The van der Waals surface area contributed by atoms with E-state index < -0.39 is 53.6 Å². The van der Waals surface area contributed by atoms with E-state index in [1.807, 2.05) is 20.8 Å². The fourth-order valence-corrected chi connectivity index (χ4v) is 7.89. The molecular formula is C36H53N7O6. The molecule has 4 fully saturated rings. The van der Waals surface area contributed by atoms with Gasteiger partial charge < -0.3 is 26.2 Å². The van der Waals surface area contributed by atoms with Gasteiger partial charge in [-0.25, -0.2) is 4.98 Å². The summed E-state index contributed by atoms with van der Waals surface area (Å²) >= 11 is 0. The SMILES string of the molecule is CCCC(NC(=O)[C@@H]1C[C@@H]2CCCC[C@@H]2N1C(=O)[C@@H](NC(=O)C(NC(=O)c1cnccn1)C1CCCCC1)C(C)C)C(=O)C(=O)NC1CC1. The second kappa shape index (κ2) is 16.7. The summed E-state index contributed by atoms with van der Waals surface area (Å²) in [5.74, 6) is -3.38. The Morgan fingerprint density at radius 2 is 1.59 bits per heavy atom. The van der Waals surface area contributed by atoms with Crippen LogP contribution in [0.1, 0.15) is 121 Å². The number of hydrogen-bond donors (Lipinski definition) is 4. The number of hydrogen-bond acceptors (Lipinski definition) is 8. The monoisotopic (exact) mass is 679 g/mol. The molecule has 268 valence electrons. The van der Waals surface area contributed by atoms with Crippen LogP contribution in [0.4, 0.5) is 0 Å². The quantitative estimate of drug-likeness (QED) is 0.217. The van der Waals surface area contributed by atoms with Gasteiger partial charge in [-0.15, -0.1) is 0 Å². The van der Waals surface area contributed by atoms with Crippen molar-refractivity contribution in [2.45, 2.75) is 147 Å². The smallest absolute Gasteiger partial charge is 0.289 e. The van der Waals surface area contributed by atoms with Crippen LogP contribution in [0.2, 0.25) is 0 Å². The average molecular weight is 680 g/mol. The molecule has 49 heavy (non-hydrogen) atoms. The fraction of sp³-hybridized carbons (Fsp3) is 0.722. The number of fused-ring (bicyclic) bond motifs is 1. The molecule has 1 aromatic rings. The number of rotatable bonds is 14. The Kier molecular flexibility index (Phi) is 12.4. The van der Waals surface area contributed by atoms with E-state index in [-0.39, 0.29) is 41.4 Å². The summed E-state index contributed by atoms with van der Waals surface area (Å²) in [6.45, 7) is 5.60. The third-order valence-electron chi connectivity index (χ3n) is 10.7. The molecule has 1 saturated heterocycles. The zero-order valence-electron chi connectivity index (χ0n) is 29.1. The second-order valence-corrected chi connectivity index (χ2v) is 14.7. The fourth-order valence-electron chi connectivity index (χ4n) is 7.89. The molecule has 13 nitrogen and oxygen atoms in total. The van der Waals surface area contributed by atoms with Crippen molar-refractivity contribution in [2.24, 2.45) is 17.8 Å². The highest BCUT2D eigenvalue weighted by Gasteiger charge is 2.50. The Hall–Kier alpha value is -3.90. The van der Waals surface area contributed by atoms with E-state index in [4.69, 9.17) is 0 Å². The van der Waals surface area contributed by atoms with Gasteiger partial charge in [0.15, 0.2) is 0 Å². The molecule has 13 heteroatoms. The first kappa shape index (κ1) is 36.4. The Morgan fingerprint density at radius 1 is 0.878 bits per heavy atom. The summed E-state index contributed by atoms with van der Waals surface area (Å²) in [5.41, 5.74) is 0.103. The lowest BCUT2D eigenvalue weighted by Gasteiger charge is -2.38. The Labute approximate surface area is 288 Å². The van der Waals surface area contributed by atoms with Gasteiger partial charge >= 0.3 is 0 Å². The molecule has 2 heterocycles. The van der Waals surface area contributed by atoms with Crippen LogP contribution in [0.5, 0.6) is 0 Å². The highest BCUT2D eigenvalue weighted by atomic mass is 16.2. The van der Waals surface area contributed by atoms with E-state index in [9.17, 15) is 28.8 Å². The largest absolute Gasteiger partial charge is 0.347 e. The summed E-state index contributed by atoms with van der Waals surface area (Å²) in [5, 5.41) is 11.5. The van der Waals surface area contributed by atoms with Gasteiger partial charge in [-0.3, -0.25) is 33.8 Å². The molecule has 5 amide bonds. The summed E-state index contributed by atoms with van der Waals surface area (Å²) in [7, 11) is 0. The van der Waals surface area contributed by atoms with Gasteiger partial charge in [-0.2, -0.15) is 0 Å². The normalized spacial score (nSPS) is 24.2. The molecule has 3 aliphatic carbocycles. The van der Waals surface area contributed by atoms with Crippen molar-refractivity contribution in [3.8, 4) is 0 Å². The van der Waals surface area contributed by atoms with Crippen LogP contribution < -0.4 is 21.3 Å². The second-order valence-electron chi connectivity index (χ2n) is 14.7. The summed E-state index contributed by atoms with van der Waals surface area (Å²) in [4.78, 5) is 91.3. The van der Waals surface area contributed by atoms with E-state index in [1.54, 1.807) is 4.90 Å². The van der Waals surface area contributed by atoms with E-state index in [1.165, 1.54) is 18.6 Å². The molecule has 2 unspecified atom stereocenters. The number of likely N-dealkylation sites (tertiary alicyclic amines) is 1. The highest BCUT2D eigenvalue weighted by Crippen LogP contribution is 2.40. The van der Waals surface area contributed by atoms with Gasteiger partial charge in [0.05, 0.1) is 12.2 Å². The molecule has 0 spiro atoms. The molecular weight excluding hydrogens is 626 g/mol.